The standard InChI is InChI=1S/C14H15N3O.ClH/c15-8-5-11-1-3-12(4-2-11)14(18)17-13-6-9-16-10-7-13;/h1-4,6-7,9-10H,5,8,15H2,(H,16,17,18);1H. The van der Waals surface area contributed by atoms with Crippen LogP contribution in [-0.4, -0.2) is 17.4 Å². The van der Waals surface area contributed by atoms with Crippen LogP contribution in [0.5, 0.6) is 0 Å². The van der Waals surface area contributed by atoms with E-state index in [1.165, 1.54) is 0 Å². The Morgan fingerprint density at radius 3 is 2.32 bits per heavy atom. The largest absolute Gasteiger partial charge is 0.330 e. The molecule has 0 saturated carbocycles. The molecule has 0 fully saturated rings. The van der Waals surface area contributed by atoms with Gasteiger partial charge in [0.25, 0.3) is 5.91 Å². The van der Waals surface area contributed by atoms with Crippen molar-refractivity contribution in [2.24, 2.45) is 5.73 Å². The van der Waals surface area contributed by atoms with Gasteiger partial charge in [-0.15, -0.1) is 12.4 Å². The molecule has 1 heterocycles. The molecule has 0 unspecified atom stereocenters. The molecule has 0 aliphatic heterocycles. The third-order valence-electron chi connectivity index (χ3n) is 2.59. The summed E-state index contributed by atoms with van der Waals surface area (Å²) in [5.41, 5.74) is 7.98. The van der Waals surface area contributed by atoms with E-state index in [0.717, 1.165) is 17.7 Å². The summed E-state index contributed by atoms with van der Waals surface area (Å²) in [5.74, 6) is -0.125. The zero-order valence-corrected chi connectivity index (χ0v) is 11.2. The van der Waals surface area contributed by atoms with Gasteiger partial charge in [-0.25, -0.2) is 0 Å². The minimum atomic E-state index is -0.125. The number of halogens is 1. The number of amides is 1. The SMILES string of the molecule is Cl.NCCc1ccc(C(=O)Nc2ccncc2)cc1. The highest BCUT2D eigenvalue weighted by molar-refractivity contribution is 6.04. The van der Waals surface area contributed by atoms with Crippen LogP contribution in [0.1, 0.15) is 15.9 Å². The molecule has 0 saturated heterocycles. The van der Waals surface area contributed by atoms with Crippen molar-refractivity contribution in [2.75, 3.05) is 11.9 Å². The van der Waals surface area contributed by atoms with Crippen LogP contribution in [0.4, 0.5) is 5.69 Å². The van der Waals surface area contributed by atoms with Crippen molar-refractivity contribution >= 4 is 24.0 Å². The second kappa shape index (κ2) is 7.51. The van der Waals surface area contributed by atoms with E-state index in [0.29, 0.717) is 12.1 Å². The number of hydrogen-bond acceptors (Lipinski definition) is 3. The second-order valence-electron chi connectivity index (χ2n) is 3.93. The molecule has 2 rings (SSSR count). The summed E-state index contributed by atoms with van der Waals surface area (Å²) >= 11 is 0. The number of nitrogens with zero attached hydrogens (tertiary/aromatic N) is 1. The second-order valence-corrected chi connectivity index (χ2v) is 3.93. The lowest BCUT2D eigenvalue weighted by atomic mass is 10.1. The quantitative estimate of drug-likeness (QED) is 0.901. The zero-order chi connectivity index (χ0) is 12.8. The normalized spacial score (nSPS) is 9.53. The summed E-state index contributed by atoms with van der Waals surface area (Å²) in [7, 11) is 0. The number of nitrogens with two attached hydrogens (primary N) is 1. The number of carbonyl (C=O) groups excluding carboxylic acids is 1. The fourth-order valence-electron chi connectivity index (χ4n) is 1.63. The summed E-state index contributed by atoms with van der Waals surface area (Å²) in [6.45, 7) is 0.614. The van der Waals surface area contributed by atoms with Crippen molar-refractivity contribution in [3.63, 3.8) is 0 Å². The van der Waals surface area contributed by atoms with E-state index in [2.05, 4.69) is 10.3 Å². The third kappa shape index (κ3) is 4.35. The summed E-state index contributed by atoms with van der Waals surface area (Å²) in [5, 5.41) is 2.81. The van der Waals surface area contributed by atoms with Crippen molar-refractivity contribution in [3.05, 3.63) is 59.9 Å². The van der Waals surface area contributed by atoms with Crippen LogP contribution in [0, 0.1) is 0 Å². The van der Waals surface area contributed by atoms with Gasteiger partial charge in [0.1, 0.15) is 0 Å². The van der Waals surface area contributed by atoms with E-state index in [1.807, 2.05) is 24.3 Å². The number of aromatic nitrogens is 1. The van der Waals surface area contributed by atoms with Crippen LogP contribution in [0.3, 0.4) is 0 Å². The van der Waals surface area contributed by atoms with Crippen LogP contribution in [0.15, 0.2) is 48.8 Å². The molecule has 0 aliphatic rings. The first-order valence-corrected chi connectivity index (χ1v) is 5.80. The number of carbonyl (C=O) groups is 1. The summed E-state index contributed by atoms with van der Waals surface area (Å²) in [6, 6.07) is 11.0. The molecular formula is C14H16ClN3O. The molecule has 5 heteroatoms. The van der Waals surface area contributed by atoms with E-state index in [1.54, 1.807) is 24.5 Å². The Labute approximate surface area is 118 Å². The zero-order valence-electron chi connectivity index (χ0n) is 10.4. The first kappa shape index (κ1) is 15.1. The van der Waals surface area contributed by atoms with Gasteiger partial charge in [0.2, 0.25) is 0 Å². The van der Waals surface area contributed by atoms with Crippen molar-refractivity contribution in [3.8, 4) is 0 Å². The molecule has 4 nitrogen and oxygen atoms in total. The number of rotatable bonds is 4. The van der Waals surface area contributed by atoms with E-state index < -0.39 is 0 Å². The fraction of sp³-hybridized carbons (Fsp3) is 0.143. The molecule has 0 bridgehead atoms. The van der Waals surface area contributed by atoms with Crippen molar-refractivity contribution in [2.45, 2.75) is 6.42 Å². The van der Waals surface area contributed by atoms with Gasteiger partial charge in [0.15, 0.2) is 0 Å². The maximum atomic E-state index is 11.9. The Kier molecular flexibility index (Phi) is 5.99. The van der Waals surface area contributed by atoms with Gasteiger partial charge in [-0.1, -0.05) is 12.1 Å². The van der Waals surface area contributed by atoms with Crippen molar-refractivity contribution in [1.82, 2.24) is 4.98 Å². The monoisotopic (exact) mass is 277 g/mol. The molecule has 19 heavy (non-hydrogen) atoms. The first-order chi connectivity index (χ1) is 8.79. The molecule has 1 aromatic carbocycles. The van der Waals surface area contributed by atoms with Crippen LogP contribution in [0.2, 0.25) is 0 Å². The molecular weight excluding hydrogens is 262 g/mol. The Morgan fingerprint density at radius 1 is 1.11 bits per heavy atom. The lowest BCUT2D eigenvalue weighted by Gasteiger charge is -2.05. The predicted octanol–water partition coefficient (Wildman–Crippen LogP) is 2.26. The molecule has 1 amide bonds. The fourth-order valence-corrected chi connectivity index (χ4v) is 1.63. The Bertz CT molecular complexity index is 514. The number of hydrogen-bond donors (Lipinski definition) is 2. The highest BCUT2D eigenvalue weighted by atomic mass is 35.5. The van der Waals surface area contributed by atoms with Gasteiger partial charge in [-0.2, -0.15) is 0 Å². The topological polar surface area (TPSA) is 68.0 Å². The molecule has 0 atom stereocenters. The average molecular weight is 278 g/mol. The van der Waals surface area contributed by atoms with Gasteiger partial charge in [-0.3, -0.25) is 9.78 Å². The van der Waals surface area contributed by atoms with E-state index >= 15 is 0 Å². The van der Waals surface area contributed by atoms with E-state index in [4.69, 9.17) is 5.73 Å². The van der Waals surface area contributed by atoms with Crippen LogP contribution in [0.25, 0.3) is 0 Å². The Morgan fingerprint density at radius 2 is 1.74 bits per heavy atom. The highest BCUT2D eigenvalue weighted by Crippen LogP contribution is 2.09. The van der Waals surface area contributed by atoms with Gasteiger partial charge < -0.3 is 11.1 Å². The molecule has 3 N–H and O–H groups in total. The third-order valence-corrected chi connectivity index (χ3v) is 2.59. The number of benzene rings is 1. The number of pyridine rings is 1. The van der Waals surface area contributed by atoms with Crippen molar-refractivity contribution < 1.29 is 4.79 Å². The van der Waals surface area contributed by atoms with Crippen LogP contribution >= 0.6 is 12.4 Å². The molecule has 100 valence electrons. The molecule has 0 radical (unpaired) electrons. The van der Waals surface area contributed by atoms with Gasteiger partial charge in [0.05, 0.1) is 0 Å². The molecule has 0 spiro atoms. The molecule has 2 aromatic rings. The summed E-state index contributed by atoms with van der Waals surface area (Å²) < 4.78 is 0. The van der Waals surface area contributed by atoms with Gasteiger partial charge in [0, 0.05) is 23.6 Å². The van der Waals surface area contributed by atoms with Crippen LogP contribution < -0.4 is 11.1 Å². The molecule has 1 aromatic heterocycles. The Balaban J connectivity index is 0.00000180. The lowest BCUT2D eigenvalue weighted by Crippen LogP contribution is -2.12. The van der Waals surface area contributed by atoms with E-state index in [9.17, 15) is 4.79 Å². The summed E-state index contributed by atoms with van der Waals surface area (Å²) in [6.07, 6.45) is 4.10. The predicted molar refractivity (Wildman–Crippen MR) is 78.6 cm³/mol. The van der Waals surface area contributed by atoms with Crippen LogP contribution in [-0.2, 0) is 6.42 Å². The van der Waals surface area contributed by atoms with Gasteiger partial charge >= 0.3 is 0 Å². The highest BCUT2D eigenvalue weighted by Gasteiger charge is 2.05. The first-order valence-electron chi connectivity index (χ1n) is 5.80. The lowest BCUT2D eigenvalue weighted by molar-refractivity contribution is 0.102. The number of nitrogens with one attached hydrogen (secondary N) is 1. The number of anilines is 1. The summed E-state index contributed by atoms with van der Waals surface area (Å²) in [4.78, 5) is 15.8. The smallest absolute Gasteiger partial charge is 0.255 e. The maximum Gasteiger partial charge on any atom is 0.255 e. The van der Waals surface area contributed by atoms with Gasteiger partial charge in [-0.05, 0) is 42.8 Å². The van der Waals surface area contributed by atoms with E-state index in [-0.39, 0.29) is 18.3 Å². The maximum absolute atomic E-state index is 11.9. The molecule has 0 aliphatic carbocycles. The van der Waals surface area contributed by atoms with Crippen molar-refractivity contribution in [1.29, 1.82) is 0 Å². The Hall–Kier alpha value is -1.91. The minimum Gasteiger partial charge on any atom is -0.330 e. The average Bonchev–Trinajstić information content (AvgIpc) is 2.41. The minimum absolute atomic E-state index is 0.